The summed E-state index contributed by atoms with van der Waals surface area (Å²) in [4.78, 5) is 16.4. The van der Waals surface area contributed by atoms with Crippen LogP contribution in [0, 0.1) is 5.92 Å². The number of nitrogens with one attached hydrogen (secondary N) is 1. The summed E-state index contributed by atoms with van der Waals surface area (Å²) >= 11 is 1.62. The van der Waals surface area contributed by atoms with Crippen molar-refractivity contribution in [1.82, 2.24) is 15.5 Å². The summed E-state index contributed by atoms with van der Waals surface area (Å²) in [7, 11) is 0. The van der Waals surface area contributed by atoms with E-state index in [0.717, 1.165) is 11.3 Å². The monoisotopic (exact) mass is 319 g/mol. The van der Waals surface area contributed by atoms with Gasteiger partial charge in [-0.15, -0.1) is 0 Å². The summed E-state index contributed by atoms with van der Waals surface area (Å²) in [5.74, 6) is 2.39. The van der Waals surface area contributed by atoms with Crippen molar-refractivity contribution >= 4 is 17.7 Å². The first-order chi connectivity index (χ1) is 10.8. The highest BCUT2D eigenvalue weighted by atomic mass is 32.2. The lowest BCUT2D eigenvalue weighted by Gasteiger charge is -2.24. The van der Waals surface area contributed by atoms with E-state index in [4.69, 9.17) is 9.26 Å². The second-order valence-corrected chi connectivity index (χ2v) is 5.94. The molecule has 116 valence electrons. The minimum Gasteiger partial charge on any atom is -0.492 e. The molecule has 0 aliphatic carbocycles. The molecule has 22 heavy (non-hydrogen) atoms. The van der Waals surface area contributed by atoms with Crippen molar-refractivity contribution in [3.63, 3.8) is 0 Å². The number of fused-ring (bicyclic) bond motifs is 1. The van der Waals surface area contributed by atoms with Gasteiger partial charge in [0.1, 0.15) is 12.4 Å². The molecular formula is C15H17N3O3S. The van der Waals surface area contributed by atoms with Gasteiger partial charge in [-0.1, -0.05) is 23.4 Å². The molecule has 2 aromatic rings. The van der Waals surface area contributed by atoms with Crippen molar-refractivity contribution in [3.8, 4) is 5.75 Å². The van der Waals surface area contributed by atoms with Gasteiger partial charge in [-0.25, -0.2) is 0 Å². The predicted octanol–water partition coefficient (Wildman–Crippen LogP) is 1.80. The molecule has 0 spiro atoms. The van der Waals surface area contributed by atoms with E-state index in [2.05, 4.69) is 15.5 Å². The molecule has 1 amide bonds. The highest BCUT2D eigenvalue weighted by Crippen LogP contribution is 2.26. The van der Waals surface area contributed by atoms with Gasteiger partial charge in [0, 0.05) is 0 Å². The topological polar surface area (TPSA) is 77.2 Å². The van der Waals surface area contributed by atoms with Crippen molar-refractivity contribution in [2.45, 2.75) is 18.7 Å². The maximum atomic E-state index is 12.2. The summed E-state index contributed by atoms with van der Waals surface area (Å²) < 4.78 is 10.7. The van der Waals surface area contributed by atoms with Crippen molar-refractivity contribution in [2.24, 2.45) is 5.92 Å². The number of thioether (sulfide) groups is 1. The Hall–Kier alpha value is -2.02. The fraction of sp³-hybridized carbons (Fsp3) is 0.400. The van der Waals surface area contributed by atoms with Gasteiger partial charge >= 0.3 is 0 Å². The molecule has 0 radical (unpaired) electrons. The summed E-state index contributed by atoms with van der Waals surface area (Å²) in [6, 6.07) is 7.80. The molecule has 1 aliphatic rings. The van der Waals surface area contributed by atoms with Crippen LogP contribution >= 0.6 is 11.8 Å². The van der Waals surface area contributed by atoms with Crippen LogP contribution in [0.2, 0.25) is 0 Å². The van der Waals surface area contributed by atoms with Gasteiger partial charge in [-0.2, -0.15) is 16.7 Å². The highest BCUT2D eigenvalue weighted by Gasteiger charge is 2.25. The number of hydrogen-bond donors (Lipinski definition) is 1. The minimum atomic E-state index is -0.191. The summed E-state index contributed by atoms with van der Waals surface area (Å²) in [6.45, 7) is 0.642. The van der Waals surface area contributed by atoms with Gasteiger partial charge < -0.3 is 14.6 Å². The fourth-order valence-corrected chi connectivity index (χ4v) is 2.73. The fourth-order valence-electron chi connectivity index (χ4n) is 2.35. The Balaban J connectivity index is 1.54. The molecule has 6 nitrogen and oxygen atoms in total. The molecule has 1 unspecified atom stereocenters. The number of nitrogens with zero attached hydrogens (tertiary/aromatic N) is 2. The van der Waals surface area contributed by atoms with Crippen LogP contribution in [-0.2, 0) is 23.5 Å². The van der Waals surface area contributed by atoms with E-state index in [1.807, 2.05) is 30.5 Å². The summed E-state index contributed by atoms with van der Waals surface area (Å²) in [5, 5.41) is 6.68. The molecule has 1 aromatic heterocycles. The van der Waals surface area contributed by atoms with Crippen LogP contribution < -0.4 is 10.1 Å². The number of rotatable bonds is 5. The lowest BCUT2D eigenvalue weighted by molar-refractivity contribution is -0.126. The molecular weight excluding hydrogens is 302 g/mol. The van der Waals surface area contributed by atoms with Crippen LogP contribution in [0.4, 0.5) is 0 Å². The van der Waals surface area contributed by atoms with Crippen LogP contribution in [0.25, 0.3) is 0 Å². The molecule has 1 N–H and O–H groups in total. The number of para-hydroxylation sites is 1. The maximum Gasteiger partial charge on any atom is 0.246 e. The number of hydrogen-bond acceptors (Lipinski definition) is 6. The highest BCUT2D eigenvalue weighted by molar-refractivity contribution is 7.97. The SMILES string of the molecule is CSCc1noc(CNC(=O)C2COc3ccccc3C2)n1. The molecule has 0 bridgehead atoms. The lowest BCUT2D eigenvalue weighted by atomic mass is 9.96. The standard InChI is InChI=1S/C15H17N3O3S/c1-22-9-13-17-14(21-18-13)7-16-15(19)11-6-10-4-2-3-5-12(10)20-8-11/h2-5,11H,6-9H2,1H3,(H,16,19). The van der Waals surface area contributed by atoms with E-state index >= 15 is 0 Å². The van der Waals surface area contributed by atoms with E-state index in [1.165, 1.54) is 0 Å². The Morgan fingerprint density at radius 1 is 1.45 bits per heavy atom. The third kappa shape index (κ3) is 3.41. The summed E-state index contributed by atoms with van der Waals surface area (Å²) in [5.41, 5.74) is 1.06. The molecule has 0 saturated carbocycles. The largest absolute Gasteiger partial charge is 0.492 e. The van der Waals surface area contributed by atoms with Crippen LogP contribution in [0.3, 0.4) is 0 Å². The normalized spacial score (nSPS) is 16.7. The Morgan fingerprint density at radius 3 is 3.18 bits per heavy atom. The first-order valence-corrected chi connectivity index (χ1v) is 8.44. The van der Waals surface area contributed by atoms with Gasteiger partial charge in [-0.3, -0.25) is 4.79 Å². The number of benzene rings is 1. The minimum absolute atomic E-state index is 0.0564. The average Bonchev–Trinajstić information content (AvgIpc) is 3.00. The smallest absolute Gasteiger partial charge is 0.246 e. The average molecular weight is 319 g/mol. The third-order valence-electron chi connectivity index (χ3n) is 3.45. The Bertz CT molecular complexity index is 659. The molecule has 3 rings (SSSR count). The van der Waals surface area contributed by atoms with Gasteiger partial charge in [0.25, 0.3) is 0 Å². The van der Waals surface area contributed by atoms with E-state index in [9.17, 15) is 4.79 Å². The second kappa shape index (κ2) is 6.83. The van der Waals surface area contributed by atoms with Gasteiger partial charge in [0.05, 0.1) is 18.2 Å². The van der Waals surface area contributed by atoms with Crippen LogP contribution in [0.1, 0.15) is 17.3 Å². The van der Waals surface area contributed by atoms with Gasteiger partial charge in [0.15, 0.2) is 5.82 Å². The van der Waals surface area contributed by atoms with E-state index in [-0.39, 0.29) is 18.4 Å². The Labute approximate surface area is 132 Å². The second-order valence-electron chi connectivity index (χ2n) is 5.07. The van der Waals surface area contributed by atoms with Crippen molar-refractivity contribution in [2.75, 3.05) is 12.9 Å². The Morgan fingerprint density at radius 2 is 2.32 bits per heavy atom. The maximum absolute atomic E-state index is 12.2. The zero-order chi connectivity index (χ0) is 15.4. The van der Waals surface area contributed by atoms with E-state index in [1.54, 1.807) is 11.8 Å². The van der Waals surface area contributed by atoms with Crippen LogP contribution in [0.5, 0.6) is 5.75 Å². The van der Waals surface area contributed by atoms with E-state index < -0.39 is 0 Å². The quantitative estimate of drug-likeness (QED) is 0.905. The Kier molecular flexibility index (Phi) is 4.62. The molecule has 1 atom stereocenters. The van der Waals surface area contributed by atoms with Gasteiger partial charge in [0.2, 0.25) is 11.8 Å². The van der Waals surface area contributed by atoms with Gasteiger partial charge in [-0.05, 0) is 24.3 Å². The predicted molar refractivity (Wildman–Crippen MR) is 82.5 cm³/mol. The molecule has 1 aromatic carbocycles. The third-order valence-corrected chi connectivity index (χ3v) is 3.99. The zero-order valence-electron chi connectivity index (χ0n) is 12.2. The van der Waals surface area contributed by atoms with Crippen LogP contribution in [0.15, 0.2) is 28.8 Å². The molecule has 1 aliphatic heterocycles. The first-order valence-electron chi connectivity index (χ1n) is 7.05. The number of carbonyl (C=O) groups is 1. The molecule has 0 fully saturated rings. The first kappa shape index (κ1) is 14.9. The van der Waals surface area contributed by atoms with E-state index in [0.29, 0.717) is 30.5 Å². The molecule has 0 saturated heterocycles. The number of ether oxygens (including phenoxy) is 1. The van der Waals surface area contributed by atoms with Crippen molar-refractivity contribution < 1.29 is 14.1 Å². The van der Waals surface area contributed by atoms with Crippen LogP contribution in [-0.4, -0.2) is 28.9 Å². The zero-order valence-corrected chi connectivity index (χ0v) is 13.1. The lowest BCUT2D eigenvalue weighted by Crippen LogP contribution is -2.37. The molecule has 7 heteroatoms. The molecule has 2 heterocycles. The number of amides is 1. The van der Waals surface area contributed by atoms with Crippen molar-refractivity contribution in [3.05, 3.63) is 41.5 Å². The van der Waals surface area contributed by atoms with Crippen molar-refractivity contribution in [1.29, 1.82) is 0 Å². The number of aromatic nitrogens is 2. The number of carbonyl (C=O) groups excluding carboxylic acids is 1. The summed E-state index contributed by atoms with van der Waals surface area (Å²) in [6.07, 6.45) is 2.66.